The Morgan fingerprint density at radius 3 is 2.47 bits per heavy atom. The molecule has 0 N–H and O–H groups in total. The molecule has 8 heteroatoms. The van der Waals surface area contributed by atoms with Gasteiger partial charge < -0.3 is 4.52 Å². The molecule has 0 saturated carbocycles. The molecule has 0 radical (unpaired) electrons. The molecule has 0 aromatic heterocycles. The van der Waals surface area contributed by atoms with Crippen molar-refractivity contribution in [1.82, 2.24) is 8.37 Å². The fourth-order valence-corrected chi connectivity index (χ4v) is 5.15. The summed E-state index contributed by atoms with van der Waals surface area (Å²) in [4.78, 5) is 0. The second-order valence-electron chi connectivity index (χ2n) is 3.07. The van der Waals surface area contributed by atoms with Crippen molar-refractivity contribution in [3.8, 4) is 0 Å². The lowest BCUT2D eigenvalue weighted by Gasteiger charge is -2.37. The minimum Gasteiger partial charge on any atom is -0.305 e. The van der Waals surface area contributed by atoms with Crippen LogP contribution in [0.15, 0.2) is 0 Å². The Balaban J connectivity index is 2.73. The molecule has 0 spiro atoms. The Labute approximate surface area is 109 Å². The highest BCUT2D eigenvalue weighted by Crippen LogP contribution is 2.57. The third-order valence-corrected chi connectivity index (χ3v) is 6.34. The van der Waals surface area contributed by atoms with Crippen LogP contribution >= 0.6 is 47.0 Å². The van der Waals surface area contributed by atoms with Crippen LogP contribution in [0.4, 0.5) is 0 Å². The fourth-order valence-electron chi connectivity index (χ4n) is 1.35. The van der Waals surface area contributed by atoms with Gasteiger partial charge in [0.1, 0.15) is 0 Å². The van der Waals surface area contributed by atoms with Gasteiger partial charge in [-0.05, 0) is 6.42 Å². The van der Waals surface area contributed by atoms with Crippen molar-refractivity contribution in [2.75, 3.05) is 38.0 Å². The Hall–Kier alpha value is 1.17. The van der Waals surface area contributed by atoms with Gasteiger partial charge in [0.25, 0.3) is 0 Å². The van der Waals surface area contributed by atoms with E-state index < -0.39 is 7.67 Å². The van der Waals surface area contributed by atoms with Crippen molar-refractivity contribution in [3.63, 3.8) is 0 Å². The number of alkyl halides is 2. The minimum absolute atomic E-state index is 0.408. The second kappa shape index (κ2) is 6.80. The van der Waals surface area contributed by atoms with E-state index in [0.717, 1.165) is 6.42 Å². The van der Waals surface area contributed by atoms with Crippen molar-refractivity contribution in [2.45, 2.75) is 6.42 Å². The predicted octanol–water partition coefficient (Wildman–Crippen LogP) is 2.91. The molecule has 1 unspecified atom stereocenters. The van der Waals surface area contributed by atoms with Crippen molar-refractivity contribution in [2.24, 2.45) is 0 Å². The molecule has 15 heavy (non-hydrogen) atoms. The highest BCUT2D eigenvalue weighted by atomic mass is 79.9. The summed E-state index contributed by atoms with van der Waals surface area (Å²) in [5.74, 6) is 0.816. The van der Waals surface area contributed by atoms with E-state index in [1.165, 1.54) is 0 Å². The van der Waals surface area contributed by atoms with E-state index in [4.69, 9.17) is 27.7 Å². The lowest BCUT2D eigenvalue weighted by molar-refractivity contribution is 0.208. The first-order valence-corrected chi connectivity index (χ1v) is 8.01. The van der Waals surface area contributed by atoms with Gasteiger partial charge in [0.15, 0.2) is 0 Å². The monoisotopic (exact) mass is 338 g/mol. The first kappa shape index (κ1) is 14.2. The van der Waals surface area contributed by atoms with Gasteiger partial charge in [-0.15, -0.1) is 23.2 Å². The Morgan fingerprint density at radius 1 is 1.40 bits per heavy atom. The number of nitrogens with zero attached hydrogens (tertiary/aromatic N) is 2. The quantitative estimate of drug-likeness (QED) is 0.438. The van der Waals surface area contributed by atoms with Gasteiger partial charge >= 0.3 is 7.67 Å². The van der Waals surface area contributed by atoms with Crippen molar-refractivity contribution < 1.29 is 9.09 Å². The number of hydrogen-bond acceptors (Lipinski definition) is 2. The third-order valence-electron chi connectivity index (χ3n) is 2.06. The van der Waals surface area contributed by atoms with Crippen LogP contribution in [0.5, 0.6) is 0 Å². The minimum atomic E-state index is -2.93. The molecule has 0 amide bonds. The molecule has 0 aromatic rings. The number of hydrogen-bond donors (Lipinski definition) is 0. The highest BCUT2D eigenvalue weighted by Gasteiger charge is 2.39. The van der Waals surface area contributed by atoms with Crippen LogP contribution in [0.3, 0.4) is 0 Å². The zero-order valence-electron chi connectivity index (χ0n) is 8.24. The molecule has 0 bridgehead atoms. The second-order valence-corrected chi connectivity index (χ2v) is 7.52. The van der Waals surface area contributed by atoms with Gasteiger partial charge in [0, 0.05) is 47.5 Å². The van der Waals surface area contributed by atoms with E-state index in [9.17, 15) is 4.57 Å². The third kappa shape index (κ3) is 3.56. The van der Waals surface area contributed by atoms with Gasteiger partial charge in [-0.1, -0.05) is 0 Å². The molecule has 1 aliphatic heterocycles. The molecule has 0 aromatic carbocycles. The average molecular weight is 340 g/mol. The van der Waals surface area contributed by atoms with E-state index >= 15 is 0 Å². The zero-order chi connectivity index (χ0) is 11.3. The van der Waals surface area contributed by atoms with Crippen LogP contribution < -0.4 is 0 Å². The fraction of sp³-hybridized carbons (Fsp3) is 1.00. The summed E-state index contributed by atoms with van der Waals surface area (Å²) in [6.45, 7) is 2.24. The molecule has 90 valence electrons. The van der Waals surface area contributed by atoms with Crippen molar-refractivity contribution in [1.29, 1.82) is 0 Å². The maximum absolute atomic E-state index is 12.5. The smallest absolute Gasteiger partial charge is 0.305 e. The van der Waals surface area contributed by atoms with Crippen LogP contribution in [0.25, 0.3) is 0 Å². The zero-order valence-corrected chi connectivity index (χ0v) is 12.2. The van der Waals surface area contributed by atoms with E-state index in [1.54, 1.807) is 8.37 Å². The summed E-state index contributed by atoms with van der Waals surface area (Å²) in [6, 6.07) is 0. The summed E-state index contributed by atoms with van der Waals surface area (Å²) in [6.07, 6.45) is 0.866. The van der Waals surface area contributed by atoms with Gasteiger partial charge in [-0.3, -0.25) is 4.57 Å². The van der Waals surface area contributed by atoms with Crippen LogP contribution in [0.1, 0.15) is 6.42 Å². The molecule has 1 fully saturated rings. The standard InChI is InChI=1S/C7H14BrCl2N2O2P/c8-12-4-1-7-14-15(12,13)11(5-2-9)6-3-10/h1-7H2. The summed E-state index contributed by atoms with van der Waals surface area (Å²) in [5, 5.41) is 0. The number of halogens is 3. The maximum atomic E-state index is 12.5. The number of rotatable bonds is 5. The molecule has 0 aliphatic carbocycles. The van der Waals surface area contributed by atoms with E-state index in [1.807, 2.05) is 0 Å². The van der Waals surface area contributed by atoms with Crippen molar-refractivity contribution >= 4 is 47.0 Å². The average Bonchev–Trinajstić information content (AvgIpc) is 2.22. The molecule has 1 rings (SSSR count). The predicted molar refractivity (Wildman–Crippen MR) is 66.8 cm³/mol. The Morgan fingerprint density at radius 2 is 2.00 bits per heavy atom. The Kier molecular flexibility index (Phi) is 6.45. The first-order chi connectivity index (χ1) is 7.15. The molecule has 1 atom stereocenters. The summed E-state index contributed by atoms with van der Waals surface area (Å²) < 4.78 is 21.2. The molecule has 4 nitrogen and oxygen atoms in total. The van der Waals surface area contributed by atoms with Crippen LogP contribution in [-0.4, -0.2) is 46.4 Å². The summed E-state index contributed by atoms with van der Waals surface area (Å²) in [7, 11) is -2.93. The van der Waals surface area contributed by atoms with Gasteiger partial charge in [-0.25, -0.2) is 4.67 Å². The van der Waals surface area contributed by atoms with Crippen LogP contribution in [0, 0.1) is 0 Å². The first-order valence-electron chi connectivity index (χ1n) is 4.71. The Bertz CT molecular complexity index is 241. The summed E-state index contributed by atoms with van der Waals surface area (Å²) >= 11 is 14.6. The normalized spacial score (nSPS) is 28.5. The molecular formula is C7H14BrCl2N2O2P. The molecule has 1 saturated heterocycles. The van der Waals surface area contributed by atoms with Gasteiger partial charge in [0.05, 0.1) is 6.61 Å². The van der Waals surface area contributed by atoms with E-state index in [0.29, 0.717) is 38.0 Å². The van der Waals surface area contributed by atoms with Gasteiger partial charge in [0.2, 0.25) is 0 Å². The van der Waals surface area contributed by atoms with Crippen LogP contribution in [-0.2, 0) is 9.09 Å². The van der Waals surface area contributed by atoms with Gasteiger partial charge in [-0.2, -0.15) is 3.70 Å². The van der Waals surface area contributed by atoms with Crippen LogP contribution in [0.2, 0.25) is 0 Å². The maximum Gasteiger partial charge on any atom is 0.355 e. The molecular weight excluding hydrogens is 326 g/mol. The largest absolute Gasteiger partial charge is 0.355 e. The molecule has 1 aliphatic rings. The summed E-state index contributed by atoms with van der Waals surface area (Å²) in [5.41, 5.74) is 0. The topological polar surface area (TPSA) is 32.8 Å². The lowest BCUT2D eigenvalue weighted by Crippen LogP contribution is -2.34. The van der Waals surface area contributed by atoms with E-state index in [2.05, 4.69) is 16.1 Å². The SMILES string of the molecule is O=P1(N(CCCl)CCCl)OCCCN1Br. The highest BCUT2D eigenvalue weighted by molar-refractivity contribution is 9.08. The molecule has 1 heterocycles. The van der Waals surface area contributed by atoms with E-state index in [-0.39, 0.29) is 0 Å². The lowest BCUT2D eigenvalue weighted by atomic mass is 10.5. The van der Waals surface area contributed by atoms with Crippen molar-refractivity contribution in [3.05, 3.63) is 0 Å².